The molecule has 0 aliphatic rings. The van der Waals surface area contributed by atoms with Gasteiger partial charge < -0.3 is 11.1 Å². The number of benzene rings is 1. The molecule has 0 saturated heterocycles. The number of anilines is 1. The fraction of sp³-hybridized carbons (Fsp3) is 0.364. The van der Waals surface area contributed by atoms with Gasteiger partial charge >= 0.3 is 0 Å². The number of rotatable bonds is 3. The van der Waals surface area contributed by atoms with Gasteiger partial charge in [0.1, 0.15) is 5.82 Å². The number of nitrogens with one attached hydrogen (secondary N) is 1. The number of hydrogen-bond donors (Lipinski definition) is 2. The van der Waals surface area contributed by atoms with Crippen molar-refractivity contribution in [3.05, 3.63) is 29.6 Å². The van der Waals surface area contributed by atoms with Crippen LogP contribution in [-0.4, -0.2) is 11.9 Å². The fourth-order valence-corrected chi connectivity index (χ4v) is 1.15. The summed E-state index contributed by atoms with van der Waals surface area (Å²) in [6.45, 7) is 3.44. The van der Waals surface area contributed by atoms with Crippen LogP contribution in [0, 0.1) is 12.7 Å². The van der Waals surface area contributed by atoms with E-state index in [1.54, 1.807) is 19.1 Å². The van der Waals surface area contributed by atoms with Crippen molar-refractivity contribution < 1.29 is 9.18 Å². The van der Waals surface area contributed by atoms with Gasteiger partial charge in [0.05, 0.1) is 6.04 Å². The van der Waals surface area contributed by atoms with Crippen LogP contribution in [0.2, 0.25) is 0 Å². The zero-order chi connectivity index (χ0) is 11.4. The van der Waals surface area contributed by atoms with Crippen molar-refractivity contribution >= 4 is 24.0 Å². The van der Waals surface area contributed by atoms with Crippen LogP contribution in [0.1, 0.15) is 18.9 Å². The van der Waals surface area contributed by atoms with Gasteiger partial charge in [-0.05, 0) is 25.5 Å². The average Bonchev–Trinajstić information content (AvgIpc) is 2.23. The maximum atomic E-state index is 13.1. The summed E-state index contributed by atoms with van der Waals surface area (Å²) in [6.07, 6.45) is 0.556. The zero-order valence-electron chi connectivity index (χ0n) is 9.29. The minimum Gasteiger partial charge on any atom is -0.324 e. The van der Waals surface area contributed by atoms with Gasteiger partial charge in [-0.1, -0.05) is 13.0 Å². The summed E-state index contributed by atoms with van der Waals surface area (Å²) in [5.74, 6) is -0.621. The molecule has 1 atom stereocenters. The van der Waals surface area contributed by atoms with Gasteiger partial charge in [0.25, 0.3) is 0 Å². The summed E-state index contributed by atoms with van der Waals surface area (Å²) in [5.41, 5.74) is 6.45. The Morgan fingerprint density at radius 3 is 2.75 bits per heavy atom. The van der Waals surface area contributed by atoms with Gasteiger partial charge in [-0.3, -0.25) is 4.79 Å². The highest BCUT2D eigenvalue weighted by Crippen LogP contribution is 2.17. The number of halogens is 2. The van der Waals surface area contributed by atoms with Crippen LogP contribution >= 0.6 is 12.4 Å². The molecule has 0 fully saturated rings. The Bertz CT molecular complexity index is 371. The second kappa shape index (κ2) is 6.45. The van der Waals surface area contributed by atoms with Gasteiger partial charge in [-0.15, -0.1) is 12.4 Å². The molecule has 3 N–H and O–H groups in total. The minimum absolute atomic E-state index is 0. The first kappa shape index (κ1) is 14.9. The molecular weight excluding hydrogens is 231 g/mol. The topological polar surface area (TPSA) is 55.1 Å². The highest BCUT2D eigenvalue weighted by Gasteiger charge is 2.12. The molecule has 0 radical (unpaired) electrons. The van der Waals surface area contributed by atoms with Crippen LogP contribution in [-0.2, 0) is 4.79 Å². The normalized spacial score (nSPS) is 11.5. The van der Waals surface area contributed by atoms with Crippen molar-refractivity contribution in [3.63, 3.8) is 0 Å². The Balaban J connectivity index is 0.00000225. The maximum absolute atomic E-state index is 13.1. The third-order valence-corrected chi connectivity index (χ3v) is 2.30. The van der Waals surface area contributed by atoms with Crippen molar-refractivity contribution in [2.75, 3.05) is 5.32 Å². The van der Waals surface area contributed by atoms with Gasteiger partial charge in [-0.25, -0.2) is 4.39 Å². The maximum Gasteiger partial charge on any atom is 0.241 e. The SMILES string of the molecule is CC[C@H](N)C(=O)Nc1cccc(F)c1C.Cl. The smallest absolute Gasteiger partial charge is 0.241 e. The second-order valence-corrected chi connectivity index (χ2v) is 3.42. The Hall–Kier alpha value is -1.13. The van der Waals surface area contributed by atoms with Gasteiger partial charge in [0.2, 0.25) is 5.91 Å². The first-order valence-corrected chi connectivity index (χ1v) is 4.87. The lowest BCUT2D eigenvalue weighted by atomic mass is 10.1. The van der Waals surface area contributed by atoms with E-state index in [0.29, 0.717) is 17.7 Å². The van der Waals surface area contributed by atoms with E-state index in [-0.39, 0.29) is 24.1 Å². The monoisotopic (exact) mass is 246 g/mol. The summed E-state index contributed by atoms with van der Waals surface area (Å²) >= 11 is 0. The third-order valence-electron chi connectivity index (χ3n) is 2.30. The molecular formula is C11H16ClFN2O. The fourth-order valence-electron chi connectivity index (χ4n) is 1.15. The summed E-state index contributed by atoms with van der Waals surface area (Å²) < 4.78 is 13.1. The average molecular weight is 247 g/mol. The third kappa shape index (κ3) is 3.47. The van der Waals surface area contributed by atoms with Gasteiger partial charge in [0, 0.05) is 11.3 Å². The Kier molecular flexibility index (Phi) is 6.00. The van der Waals surface area contributed by atoms with E-state index >= 15 is 0 Å². The summed E-state index contributed by atoms with van der Waals surface area (Å²) in [6, 6.07) is 4.01. The number of carbonyl (C=O) groups excluding carboxylic acids is 1. The Morgan fingerprint density at radius 2 is 2.19 bits per heavy atom. The minimum atomic E-state index is -0.548. The van der Waals surface area contributed by atoms with Crippen LogP contribution in [0.15, 0.2) is 18.2 Å². The van der Waals surface area contributed by atoms with E-state index in [1.165, 1.54) is 6.07 Å². The molecule has 90 valence electrons. The lowest BCUT2D eigenvalue weighted by molar-refractivity contribution is -0.117. The first-order chi connectivity index (χ1) is 7.06. The van der Waals surface area contributed by atoms with Gasteiger partial charge in [-0.2, -0.15) is 0 Å². The van der Waals surface area contributed by atoms with E-state index < -0.39 is 6.04 Å². The van der Waals surface area contributed by atoms with E-state index in [1.807, 2.05) is 6.92 Å². The van der Waals surface area contributed by atoms with Crippen LogP contribution in [0.4, 0.5) is 10.1 Å². The van der Waals surface area contributed by atoms with Crippen molar-refractivity contribution in [2.45, 2.75) is 26.3 Å². The van der Waals surface area contributed by atoms with Crippen molar-refractivity contribution in [1.82, 2.24) is 0 Å². The molecule has 3 nitrogen and oxygen atoms in total. The molecule has 0 saturated carbocycles. The Morgan fingerprint density at radius 1 is 1.56 bits per heavy atom. The largest absolute Gasteiger partial charge is 0.324 e. The van der Waals surface area contributed by atoms with Crippen molar-refractivity contribution in [2.24, 2.45) is 5.73 Å². The number of nitrogens with two attached hydrogens (primary N) is 1. The van der Waals surface area contributed by atoms with Crippen molar-refractivity contribution in [3.8, 4) is 0 Å². The molecule has 5 heteroatoms. The van der Waals surface area contributed by atoms with E-state index in [9.17, 15) is 9.18 Å². The molecule has 0 aliphatic carbocycles. The summed E-state index contributed by atoms with van der Waals surface area (Å²) in [7, 11) is 0. The van der Waals surface area contributed by atoms with Crippen LogP contribution in [0.25, 0.3) is 0 Å². The van der Waals surface area contributed by atoms with Gasteiger partial charge in [0.15, 0.2) is 0 Å². The lowest BCUT2D eigenvalue weighted by Crippen LogP contribution is -2.35. The predicted octanol–water partition coefficient (Wildman–Crippen LogP) is 2.23. The zero-order valence-corrected chi connectivity index (χ0v) is 10.1. The number of amides is 1. The first-order valence-electron chi connectivity index (χ1n) is 4.87. The summed E-state index contributed by atoms with van der Waals surface area (Å²) in [4.78, 5) is 11.4. The molecule has 1 rings (SSSR count). The molecule has 0 spiro atoms. The van der Waals surface area contributed by atoms with E-state index in [2.05, 4.69) is 5.32 Å². The molecule has 16 heavy (non-hydrogen) atoms. The molecule has 0 aromatic heterocycles. The van der Waals surface area contributed by atoms with Crippen molar-refractivity contribution in [1.29, 1.82) is 0 Å². The Labute approximate surface area is 101 Å². The number of hydrogen-bond acceptors (Lipinski definition) is 2. The molecule has 1 aromatic rings. The molecule has 0 unspecified atom stereocenters. The van der Waals surface area contributed by atoms with Crippen LogP contribution < -0.4 is 11.1 Å². The number of carbonyl (C=O) groups is 1. The molecule has 0 aliphatic heterocycles. The van der Waals surface area contributed by atoms with E-state index in [4.69, 9.17) is 5.73 Å². The molecule has 1 aromatic carbocycles. The molecule has 1 amide bonds. The standard InChI is InChI=1S/C11H15FN2O.ClH/c1-3-9(13)11(15)14-10-6-4-5-8(12)7(10)2;/h4-6,9H,3,13H2,1-2H3,(H,14,15);1H/t9-;/m0./s1. The quantitative estimate of drug-likeness (QED) is 0.859. The second-order valence-electron chi connectivity index (χ2n) is 3.42. The lowest BCUT2D eigenvalue weighted by Gasteiger charge is -2.12. The van der Waals surface area contributed by atoms with Crippen LogP contribution in [0.5, 0.6) is 0 Å². The summed E-state index contributed by atoms with van der Waals surface area (Å²) in [5, 5.41) is 2.60. The highest BCUT2D eigenvalue weighted by atomic mass is 35.5. The predicted molar refractivity (Wildman–Crippen MR) is 65.3 cm³/mol. The molecule has 0 heterocycles. The highest BCUT2D eigenvalue weighted by molar-refractivity contribution is 5.95. The van der Waals surface area contributed by atoms with E-state index in [0.717, 1.165) is 0 Å². The van der Waals surface area contributed by atoms with Crippen LogP contribution in [0.3, 0.4) is 0 Å². The molecule has 0 bridgehead atoms.